The molecule has 5 aliphatic rings. The van der Waals surface area contributed by atoms with Crippen LogP contribution in [0.2, 0.25) is 0 Å². The van der Waals surface area contributed by atoms with Gasteiger partial charge in [-0.2, -0.15) is 0 Å². The maximum Gasteiger partial charge on any atom is 0.255 e. The Balaban J connectivity index is 1.38. The van der Waals surface area contributed by atoms with Crippen LogP contribution < -0.4 is 25.8 Å². The minimum Gasteiger partial charge on any atom is -0.490 e. The highest BCUT2D eigenvalue weighted by Gasteiger charge is 2.18. The Morgan fingerprint density at radius 3 is 2.53 bits per heavy atom. The van der Waals surface area contributed by atoms with E-state index in [1.54, 1.807) is 30.5 Å². The number of amides is 1. The molecular weight excluding hydrogens is 478 g/mol. The van der Waals surface area contributed by atoms with E-state index in [0.29, 0.717) is 40.9 Å². The summed E-state index contributed by atoms with van der Waals surface area (Å²) in [5.74, 6) is 1.69. The molecule has 38 heavy (non-hydrogen) atoms. The lowest BCUT2D eigenvalue weighted by molar-refractivity contribution is 0.102. The Kier molecular flexibility index (Phi) is 6.52. The van der Waals surface area contributed by atoms with Gasteiger partial charge in [-0.3, -0.25) is 4.79 Å². The standard InChI is InChI=1S/C30H29N5O3/c31-26-17-19-6-12-25(26)27-14-15-32-30(35-27)34-22-9-13-28(38-24-4-2-1-3-5-24)20(16-22)18-37-23-10-7-21(8-11-23)33-29(19)36/h6-17,24H,1-5,18,31H2,(H,33,36)(H,32,34,35). The molecule has 9 rings (SSSR count). The molecule has 8 nitrogen and oxygen atoms in total. The van der Waals surface area contributed by atoms with Crippen molar-refractivity contribution in [2.45, 2.75) is 44.8 Å². The van der Waals surface area contributed by atoms with Crippen LogP contribution in [-0.4, -0.2) is 22.0 Å². The summed E-state index contributed by atoms with van der Waals surface area (Å²) < 4.78 is 12.6. The van der Waals surface area contributed by atoms with Gasteiger partial charge in [0.15, 0.2) is 0 Å². The minimum absolute atomic E-state index is 0.218. The van der Waals surface area contributed by atoms with Crippen molar-refractivity contribution in [2.75, 3.05) is 16.4 Å². The van der Waals surface area contributed by atoms with Gasteiger partial charge >= 0.3 is 0 Å². The predicted molar refractivity (Wildman–Crippen MR) is 148 cm³/mol. The number of benzene rings is 3. The summed E-state index contributed by atoms with van der Waals surface area (Å²) in [6.07, 6.45) is 7.69. The monoisotopic (exact) mass is 507 g/mol. The summed E-state index contributed by atoms with van der Waals surface area (Å²) in [6.45, 7) is 0.324. The minimum atomic E-state index is -0.250. The number of nitrogens with two attached hydrogens (primary N) is 1. The maximum atomic E-state index is 12.8. The summed E-state index contributed by atoms with van der Waals surface area (Å²) >= 11 is 0. The van der Waals surface area contributed by atoms with Crippen molar-refractivity contribution < 1.29 is 14.3 Å². The number of anilines is 4. The van der Waals surface area contributed by atoms with Crippen molar-refractivity contribution in [3.05, 3.63) is 84.1 Å². The van der Waals surface area contributed by atoms with Gasteiger partial charge in [0.2, 0.25) is 5.95 Å². The van der Waals surface area contributed by atoms with Crippen LogP contribution in [0.15, 0.2) is 72.9 Å². The number of nitrogen functional groups attached to an aromatic ring is 1. The largest absolute Gasteiger partial charge is 0.490 e. The fourth-order valence-corrected chi connectivity index (χ4v) is 4.88. The van der Waals surface area contributed by atoms with Crippen LogP contribution in [0.5, 0.6) is 11.5 Å². The first-order chi connectivity index (χ1) is 18.6. The molecule has 4 aliphatic heterocycles. The SMILES string of the molecule is Nc1cc2ccc1-c1ccnc(n1)Nc1ccc(OC3CCCCC3)c(c1)COc1ccc(cc1)NC2=O. The lowest BCUT2D eigenvalue weighted by Gasteiger charge is -2.24. The Hall–Kier alpha value is -4.59. The van der Waals surface area contributed by atoms with Crippen LogP contribution in [0, 0.1) is 0 Å². The van der Waals surface area contributed by atoms with Crippen LogP contribution in [0.4, 0.5) is 23.0 Å². The first-order valence-electron chi connectivity index (χ1n) is 12.9. The molecule has 1 saturated carbocycles. The number of carbonyl (C=O) groups is 1. The van der Waals surface area contributed by atoms with Crippen molar-refractivity contribution >= 4 is 28.9 Å². The molecule has 1 fully saturated rings. The highest BCUT2D eigenvalue weighted by atomic mass is 16.5. The van der Waals surface area contributed by atoms with Gasteiger partial charge in [0.25, 0.3) is 5.91 Å². The molecule has 0 unspecified atom stereocenters. The van der Waals surface area contributed by atoms with Gasteiger partial charge in [-0.05, 0) is 92.4 Å². The summed E-state index contributed by atoms with van der Waals surface area (Å²) in [5, 5.41) is 6.21. The van der Waals surface area contributed by atoms with E-state index in [4.69, 9.17) is 15.2 Å². The summed E-state index contributed by atoms with van der Waals surface area (Å²) in [7, 11) is 0. The van der Waals surface area contributed by atoms with Gasteiger partial charge in [0.1, 0.15) is 18.1 Å². The van der Waals surface area contributed by atoms with E-state index < -0.39 is 0 Å². The molecule has 1 aliphatic carbocycles. The molecule has 4 aromatic rings. The molecule has 1 amide bonds. The first kappa shape index (κ1) is 23.8. The average Bonchev–Trinajstić information content (AvgIpc) is 2.94. The third kappa shape index (κ3) is 5.25. The summed E-state index contributed by atoms with van der Waals surface area (Å²) in [4.78, 5) is 21.9. The molecule has 5 heterocycles. The highest BCUT2D eigenvalue weighted by Crippen LogP contribution is 2.31. The second-order valence-corrected chi connectivity index (χ2v) is 9.66. The molecule has 0 radical (unpaired) electrons. The summed E-state index contributed by atoms with van der Waals surface area (Å²) in [5.41, 5.74) is 11.0. The smallest absolute Gasteiger partial charge is 0.255 e. The molecule has 1 aromatic heterocycles. The first-order valence-corrected chi connectivity index (χ1v) is 12.9. The van der Waals surface area contributed by atoms with Crippen LogP contribution >= 0.6 is 0 Å². The second kappa shape index (κ2) is 10.4. The Bertz CT molecular complexity index is 1470. The van der Waals surface area contributed by atoms with Gasteiger partial charge in [-0.25, -0.2) is 9.97 Å². The maximum absolute atomic E-state index is 12.8. The van der Waals surface area contributed by atoms with E-state index in [-0.39, 0.29) is 12.0 Å². The van der Waals surface area contributed by atoms with Crippen LogP contribution in [0.25, 0.3) is 11.3 Å². The quantitative estimate of drug-likeness (QED) is 0.272. The van der Waals surface area contributed by atoms with Gasteiger partial charge in [0, 0.05) is 39.9 Å². The molecular formula is C30H29N5O3. The number of aromatic nitrogens is 2. The van der Waals surface area contributed by atoms with E-state index in [0.717, 1.165) is 35.4 Å². The van der Waals surface area contributed by atoms with Crippen LogP contribution in [0.3, 0.4) is 0 Å². The van der Waals surface area contributed by atoms with E-state index in [9.17, 15) is 4.79 Å². The molecule has 0 saturated heterocycles. The molecule has 0 spiro atoms. The Labute approximate surface area is 221 Å². The Morgan fingerprint density at radius 2 is 1.71 bits per heavy atom. The molecule has 0 atom stereocenters. The van der Waals surface area contributed by atoms with Crippen LogP contribution in [0.1, 0.15) is 48.0 Å². The number of rotatable bonds is 2. The number of nitrogens with zero attached hydrogens (tertiary/aromatic N) is 2. The third-order valence-electron chi connectivity index (χ3n) is 6.91. The average molecular weight is 508 g/mol. The zero-order valence-corrected chi connectivity index (χ0v) is 20.9. The van der Waals surface area contributed by atoms with Crippen molar-refractivity contribution in [3.63, 3.8) is 0 Å². The van der Waals surface area contributed by atoms with E-state index in [1.807, 2.05) is 42.5 Å². The van der Waals surface area contributed by atoms with Crippen molar-refractivity contribution in [1.29, 1.82) is 0 Å². The Morgan fingerprint density at radius 1 is 0.895 bits per heavy atom. The molecule has 192 valence electrons. The van der Waals surface area contributed by atoms with E-state index >= 15 is 0 Å². The molecule has 8 bridgehead atoms. The number of nitrogens with one attached hydrogen (secondary N) is 2. The van der Waals surface area contributed by atoms with Gasteiger partial charge in [0.05, 0.1) is 11.8 Å². The van der Waals surface area contributed by atoms with Gasteiger partial charge < -0.3 is 25.8 Å². The lowest BCUT2D eigenvalue weighted by Crippen LogP contribution is -2.20. The van der Waals surface area contributed by atoms with Crippen LogP contribution in [-0.2, 0) is 6.61 Å². The normalized spacial score (nSPS) is 15.4. The topological polar surface area (TPSA) is 111 Å². The zero-order chi connectivity index (χ0) is 25.9. The predicted octanol–water partition coefficient (Wildman–Crippen LogP) is 6.33. The van der Waals surface area contributed by atoms with Crippen molar-refractivity contribution in [3.8, 4) is 22.8 Å². The highest BCUT2D eigenvalue weighted by molar-refractivity contribution is 6.05. The van der Waals surface area contributed by atoms with Crippen molar-refractivity contribution in [2.24, 2.45) is 0 Å². The van der Waals surface area contributed by atoms with E-state index in [1.165, 1.54) is 19.3 Å². The lowest BCUT2D eigenvalue weighted by atomic mass is 9.97. The number of ether oxygens (including phenoxy) is 2. The fraction of sp³-hybridized carbons (Fsp3) is 0.233. The molecule has 4 N–H and O–H groups in total. The third-order valence-corrected chi connectivity index (χ3v) is 6.91. The van der Waals surface area contributed by atoms with Gasteiger partial charge in [-0.15, -0.1) is 0 Å². The fourth-order valence-electron chi connectivity index (χ4n) is 4.88. The number of hydrogen-bond donors (Lipinski definition) is 3. The zero-order valence-electron chi connectivity index (χ0n) is 20.9. The van der Waals surface area contributed by atoms with E-state index in [2.05, 4.69) is 20.6 Å². The van der Waals surface area contributed by atoms with Crippen molar-refractivity contribution in [1.82, 2.24) is 9.97 Å². The molecule has 8 heteroatoms. The van der Waals surface area contributed by atoms with Gasteiger partial charge in [-0.1, -0.05) is 6.42 Å². The second-order valence-electron chi connectivity index (χ2n) is 9.66. The number of hydrogen-bond acceptors (Lipinski definition) is 7. The summed E-state index contributed by atoms with van der Waals surface area (Å²) in [6, 6.07) is 20.3. The molecule has 3 aromatic carbocycles. The number of carbonyl (C=O) groups excluding carboxylic acids is 1.